The molecular weight excluding hydrogens is 258 g/mol. The molecule has 5 nitrogen and oxygen atoms in total. The Morgan fingerprint density at radius 3 is 3.00 bits per heavy atom. The van der Waals surface area contributed by atoms with E-state index in [2.05, 4.69) is 5.32 Å². The van der Waals surface area contributed by atoms with Crippen LogP contribution in [0.25, 0.3) is 0 Å². The van der Waals surface area contributed by atoms with Gasteiger partial charge in [-0.1, -0.05) is 12.1 Å². The lowest BCUT2D eigenvalue weighted by molar-refractivity contribution is 0.0843. The van der Waals surface area contributed by atoms with Gasteiger partial charge in [0, 0.05) is 6.54 Å². The number of aliphatic hydroxyl groups excluding tert-OH is 1. The Morgan fingerprint density at radius 2 is 2.30 bits per heavy atom. The first-order valence-corrected chi connectivity index (χ1v) is 6.33. The van der Waals surface area contributed by atoms with E-state index >= 15 is 0 Å². The summed E-state index contributed by atoms with van der Waals surface area (Å²) in [5.74, 6) is 0.415. The molecule has 5 heteroatoms. The third-order valence-corrected chi connectivity index (χ3v) is 2.71. The fourth-order valence-electron chi connectivity index (χ4n) is 1.66. The van der Waals surface area contributed by atoms with E-state index in [0.717, 1.165) is 5.56 Å². The zero-order valence-electron chi connectivity index (χ0n) is 11.2. The SMILES string of the molecule is Cc1cccc(OCC(O)CNC(=O)c2ccoc2)c1. The molecule has 2 N–H and O–H groups in total. The third-order valence-electron chi connectivity index (χ3n) is 2.71. The van der Waals surface area contributed by atoms with Crippen molar-refractivity contribution in [1.82, 2.24) is 5.32 Å². The van der Waals surface area contributed by atoms with Gasteiger partial charge in [0.05, 0.1) is 11.8 Å². The molecule has 2 aromatic rings. The molecule has 0 aliphatic rings. The highest BCUT2D eigenvalue weighted by atomic mass is 16.5. The summed E-state index contributed by atoms with van der Waals surface area (Å²) in [6.45, 7) is 2.21. The second-order valence-corrected chi connectivity index (χ2v) is 4.50. The van der Waals surface area contributed by atoms with Crippen LogP contribution in [0.4, 0.5) is 0 Å². The highest BCUT2D eigenvalue weighted by molar-refractivity contribution is 5.93. The molecule has 0 saturated heterocycles. The van der Waals surface area contributed by atoms with Gasteiger partial charge in [-0.2, -0.15) is 0 Å². The Morgan fingerprint density at radius 1 is 1.45 bits per heavy atom. The summed E-state index contributed by atoms with van der Waals surface area (Å²) in [7, 11) is 0. The number of nitrogens with one attached hydrogen (secondary N) is 1. The van der Waals surface area contributed by atoms with Gasteiger partial charge < -0.3 is 19.6 Å². The maximum atomic E-state index is 11.6. The lowest BCUT2D eigenvalue weighted by atomic mass is 10.2. The van der Waals surface area contributed by atoms with Crippen molar-refractivity contribution < 1.29 is 19.1 Å². The molecule has 0 aliphatic carbocycles. The third kappa shape index (κ3) is 4.13. The van der Waals surface area contributed by atoms with Gasteiger partial charge in [0.2, 0.25) is 0 Å². The van der Waals surface area contributed by atoms with E-state index in [1.807, 2.05) is 31.2 Å². The minimum Gasteiger partial charge on any atom is -0.491 e. The van der Waals surface area contributed by atoms with Crippen LogP contribution in [0.5, 0.6) is 5.75 Å². The molecule has 1 atom stereocenters. The Hall–Kier alpha value is -2.27. The van der Waals surface area contributed by atoms with Crippen LogP contribution in [0.1, 0.15) is 15.9 Å². The number of amides is 1. The van der Waals surface area contributed by atoms with Crippen molar-refractivity contribution >= 4 is 5.91 Å². The minimum absolute atomic E-state index is 0.120. The number of aliphatic hydroxyl groups is 1. The van der Waals surface area contributed by atoms with Crippen molar-refractivity contribution in [2.75, 3.05) is 13.2 Å². The molecule has 1 amide bonds. The number of hydrogen-bond donors (Lipinski definition) is 2. The largest absolute Gasteiger partial charge is 0.491 e. The van der Waals surface area contributed by atoms with Crippen molar-refractivity contribution in [1.29, 1.82) is 0 Å². The topological polar surface area (TPSA) is 71.7 Å². The zero-order chi connectivity index (χ0) is 14.4. The van der Waals surface area contributed by atoms with Crippen molar-refractivity contribution in [3.8, 4) is 5.75 Å². The Labute approximate surface area is 117 Å². The smallest absolute Gasteiger partial charge is 0.254 e. The number of rotatable bonds is 6. The first-order valence-electron chi connectivity index (χ1n) is 6.33. The normalized spacial score (nSPS) is 11.9. The summed E-state index contributed by atoms with van der Waals surface area (Å²) in [4.78, 5) is 11.6. The summed E-state index contributed by atoms with van der Waals surface area (Å²) in [6.07, 6.45) is 2.00. The summed E-state index contributed by atoms with van der Waals surface area (Å²) in [5, 5.41) is 12.4. The molecule has 0 radical (unpaired) electrons. The predicted molar refractivity (Wildman–Crippen MR) is 73.7 cm³/mol. The van der Waals surface area contributed by atoms with Crippen molar-refractivity contribution in [3.63, 3.8) is 0 Å². The number of ether oxygens (including phenoxy) is 1. The van der Waals surface area contributed by atoms with Crippen LogP contribution < -0.4 is 10.1 Å². The van der Waals surface area contributed by atoms with Crippen LogP contribution in [0.3, 0.4) is 0 Å². The van der Waals surface area contributed by atoms with Gasteiger partial charge >= 0.3 is 0 Å². The van der Waals surface area contributed by atoms with Crippen LogP contribution in [0.15, 0.2) is 47.3 Å². The Balaban J connectivity index is 1.73. The maximum absolute atomic E-state index is 11.6. The second-order valence-electron chi connectivity index (χ2n) is 4.50. The van der Waals surface area contributed by atoms with Gasteiger partial charge in [-0.05, 0) is 30.7 Å². The van der Waals surface area contributed by atoms with Crippen LogP contribution in [-0.4, -0.2) is 30.3 Å². The minimum atomic E-state index is -0.772. The quantitative estimate of drug-likeness (QED) is 0.842. The van der Waals surface area contributed by atoms with E-state index in [0.29, 0.717) is 11.3 Å². The summed E-state index contributed by atoms with van der Waals surface area (Å²) >= 11 is 0. The molecule has 1 heterocycles. The predicted octanol–water partition coefficient (Wildman–Crippen LogP) is 1.76. The van der Waals surface area contributed by atoms with Crippen LogP contribution in [-0.2, 0) is 0 Å². The Bertz CT molecular complexity index is 551. The van der Waals surface area contributed by atoms with Crippen LogP contribution >= 0.6 is 0 Å². The van der Waals surface area contributed by atoms with E-state index in [9.17, 15) is 9.90 Å². The molecule has 0 bridgehead atoms. The average molecular weight is 275 g/mol. The first kappa shape index (κ1) is 14.1. The summed E-state index contributed by atoms with van der Waals surface area (Å²) in [6, 6.07) is 9.12. The van der Waals surface area contributed by atoms with Gasteiger partial charge in [0.1, 0.15) is 24.7 Å². The standard InChI is InChI=1S/C15H17NO4/c1-11-3-2-4-14(7-11)20-10-13(17)8-16-15(18)12-5-6-19-9-12/h2-7,9,13,17H,8,10H2,1H3,(H,16,18). The zero-order valence-corrected chi connectivity index (χ0v) is 11.2. The summed E-state index contributed by atoms with van der Waals surface area (Å²) in [5.41, 5.74) is 1.52. The average Bonchev–Trinajstić information content (AvgIpc) is 2.97. The molecule has 1 unspecified atom stereocenters. The highest BCUT2D eigenvalue weighted by Crippen LogP contribution is 2.12. The number of carbonyl (C=O) groups excluding carboxylic acids is 1. The van der Waals surface area contributed by atoms with Crippen molar-refractivity contribution in [2.45, 2.75) is 13.0 Å². The highest BCUT2D eigenvalue weighted by Gasteiger charge is 2.10. The van der Waals surface area contributed by atoms with Gasteiger partial charge in [-0.3, -0.25) is 4.79 Å². The number of furan rings is 1. The number of carbonyl (C=O) groups is 1. The molecular formula is C15H17NO4. The van der Waals surface area contributed by atoms with Crippen molar-refractivity contribution in [3.05, 3.63) is 54.0 Å². The number of benzene rings is 1. The van der Waals surface area contributed by atoms with Gasteiger partial charge in [-0.25, -0.2) is 0 Å². The molecule has 2 rings (SSSR count). The molecule has 0 spiro atoms. The molecule has 0 aliphatic heterocycles. The fourth-order valence-corrected chi connectivity index (χ4v) is 1.66. The van der Waals surface area contributed by atoms with Crippen LogP contribution in [0, 0.1) is 6.92 Å². The monoisotopic (exact) mass is 275 g/mol. The van der Waals surface area contributed by atoms with Crippen molar-refractivity contribution in [2.24, 2.45) is 0 Å². The maximum Gasteiger partial charge on any atom is 0.254 e. The number of hydrogen-bond acceptors (Lipinski definition) is 4. The molecule has 1 aromatic carbocycles. The van der Waals surface area contributed by atoms with E-state index < -0.39 is 6.10 Å². The second kappa shape index (κ2) is 6.77. The summed E-state index contributed by atoms with van der Waals surface area (Å²) < 4.78 is 10.3. The van der Waals surface area contributed by atoms with E-state index in [1.165, 1.54) is 12.5 Å². The first-order chi connectivity index (χ1) is 9.65. The van der Waals surface area contributed by atoms with E-state index in [4.69, 9.17) is 9.15 Å². The molecule has 1 aromatic heterocycles. The van der Waals surface area contributed by atoms with Gasteiger partial charge in [-0.15, -0.1) is 0 Å². The van der Waals surface area contributed by atoms with E-state index in [-0.39, 0.29) is 19.1 Å². The van der Waals surface area contributed by atoms with E-state index in [1.54, 1.807) is 6.07 Å². The lowest BCUT2D eigenvalue weighted by Crippen LogP contribution is -2.35. The van der Waals surface area contributed by atoms with Gasteiger partial charge in [0.25, 0.3) is 5.91 Å². The van der Waals surface area contributed by atoms with Crippen LogP contribution in [0.2, 0.25) is 0 Å². The molecule has 106 valence electrons. The fraction of sp³-hybridized carbons (Fsp3) is 0.267. The van der Waals surface area contributed by atoms with Gasteiger partial charge in [0.15, 0.2) is 0 Å². The molecule has 0 fully saturated rings. The lowest BCUT2D eigenvalue weighted by Gasteiger charge is -2.13. The molecule has 0 saturated carbocycles. The molecule has 20 heavy (non-hydrogen) atoms. The number of aryl methyl sites for hydroxylation is 1. The Kier molecular flexibility index (Phi) is 4.79.